The first kappa shape index (κ1) is 15.6. The van der Waals surface area contributed by atoms with Gasteiger partial charge >= 0.3 is 0 Å². The molecule has 0 aliphatic heterocycles. The number of hydrogen-bond acceptors (Lipinski definition) is 2. The van der Waals surface area contributed by atoms with Gasteiger partial charge in [0.05, 0.1) is 17.1 Å². The Morgan fingerprint density at radius 2 is 1.83 bits per heavy atom. The first-order valence-corrected chi connectivity index (χ1v) is 7.95. The SMILES string of the molecule is O=C(CNC(=O)c1ccccc1Cl)Nc1ccc2c(c1)CCC2. The zero-order chi connectivity index (χ0) is 16.2. The number of halogens is 1. The Morgan fingerprint density at radius 3 is 2.65 bits per heavy atom. The van der Waals surface area contributed by atoms with E-state index in [2.05, 4.69) is 16.7 Å². The molecular formula is C18H17ClN2O2. The summed E-state index contributed by atoms with van der Waals surface area (Å²) < 4.78 is 0. The normalized spacial score (nSPS) is 12.6. The fourth-order valence-electron chi connectivity index (χ4n) is 2.76. The molecule has 0 aromatic heterocycles. The lowest BCUT2D eigenvalue weighted by atomic mass is 10.1. The van der Waals surface area contributed by atoms with Gasteiger partial charge in [0.2, 0.25) is 5.91 Å². The third kappa shape index (κ3) is 3.71. The Labute approximate surface area is 139 Å². The minimum Gasteiger partial charge on any atom is -0.343 e. The van der Waals surface area contributed by atoms with Crippen molar-refractivity contribution in [1.29, 1.82) is 0 Å². The number of fused-ring (bicyclic) bond motifs is 1. The number of benzene rings is 2. The molecule has 0 spiro atoms. The highest BCUT2D eigenvalue weighted by atomic mass is 35.5. The number of anilines is 1. The lowest BCUT2D eigenvalue weighted by Crippen LogP contribution is -2.33. The smallest absolute Gasteiger partial charge is 0.253 e. The first-order valence-electron chi connectivity index (χ1n) is 7.58. The van der Waals surface area contributed by atoms with Crippen LogP contribution in [0.5, 0.6) is 0 Å². The standard InChI is InChI=1S/C18H17ClN2O2/c19-16-7-2-1-6-15(16)18(23)20-11-17(22)21-14-9-8-12-4-3-5-13(12)10-14/h1-2,6-10H,3-5,11H2,(H,20,23)(H,21,22). The van der Waals surface area contributed by atoms with E-state index in [1.54, 1.807) is 24.3 Å². The van der Waals surface area contributed by atoms with Crippen LogP contribution in [-0.2, 0) is 17.6 Å². The average Bonchev–Trinajstić information content (AvgIpc) is 3.01. The molecule has 23 heavy (non-hydrogen) atoms. The van der Waals surface area contributed by atoms with E-state index < -0.39 is 0 Å². The summed E-state index contributed by atoms with van der Waals surface area (Å²) in [4.78, 5) is 24.0. The van der Waals surface area contributed by atoms with Gasteiger partial charge in [-0.3, -0.25) is 9.59 Å². The van der Waals surface area contributed by atoms with Crippen LogP contribution >= 0.6 is 11.6 Å². The van der Waals surface area contributed by atoms with E-state index in [1.807, 2.05) is 12.1 Å². The highest BCUT2D eigenvalue weighted by Crippen LogP contribution is 2.24. The molecule has 0 fully saturated rings. The topological polar surface area (TPSA) is 58.2 Å². The number of rotatable bonds is 4. The molecule has 2 N–H and O–H groups in total. The van der Waals surface area contributed by atoms with E-state index in [4.69, 9.17) is 11.6 Å². The van der Waals surface area contributed by atoms with Crippen LogP contribution in [0.2, 0.25) is 5.02 Å². The second-order valence-electron chi connectivity index (χ2n) is 5.55. The molecule has 118 valence electrons. The summed E-state index contributed by atoms with van der Waals surface area (Å²) in [6, 6.07) is 12.7. The van der Waals surface area contributed by atoms with Gasteiger partial charge in [0.1, 0.15) is 0 Å². The average molecular weight is 329 g/mol. The molecule has 0 saturated carbocycles. The van der Waals surface area contributed by atoms with Crippen molar-refractivity contribution in [2.24, 2.45) is 0 Å². The number of carbonyl (C=O) groups is 2. The molecule has 0 atom stereocenters. The molecule has 2 aromatic carbocycles. The first-order chi connectivity index (χ1) is 11.1. The van der Waals surface area contributed by atoms with Crippen molar-refractivity contribution in [3.05, 3.63) is 64.2 Å². The molecule has 0 bridgehead atoms. The minimum atomic E-state index is -0.361. The maximum atomic E-state index is 12.0. The molecule has 0 saturated heterocycles. The van der Waals surface area contributed by atoms with Gasteiger partial charge in [-0.1, -0.05) is 29.8 Å². The summed E-state index contributed by atoms with van der Waals surface area (Å²) in [5.41, 5.74) is 3.78. The van der Waals surface area contributed by atoms with Crippen LogP contribution in [0.3, 0.4) is 0 Å². The van der Waals surface area contributed by atoms with Crippen LogP contribution in [0.15, 0.2) is 42.5 Å². The van der Waals surface area contributed by atoms with Crippen LogP contribution in [0.1, 0.15) is 27.9 Å². The van der Waals surface area contributed by atoms with Crippen molar-refractivity contribution in [2.45, 2.75) is 19.3 Å². The van der Waals surface area contributed by atoms with Gasteiger partial charge < -0.3 is 10.6 Å². The highest BCUT2D eigenvalue weighted by Gasteiger charge is 2.13. The van der Waals surface area contributed by atoms with Crippen LogP contribution in [-0.4, -0.2) is 18.4 Å². The zero-order valence-corrected chi connectivity index (χ0v) is 13.3. The number of nitrogens with one attached hydrogen (secondary N) is 2. The van der Waals surface area contributed by atoms with E-state index in [9.17, 15) is 9.59 Å². The van der Waals surface area contributed by atoms with E-state index >= 15 is 0 Å². The molecule has 5 heteroatoms. The van der Waals surface area contributed by atoms with Crippen LogP contribution in [0, 0.1) is 0 Å². The van der Waals surface area contributed by atoms with Crippen LogP contribution in [0.4, 0.5) is 5.69 Å². The molecule has 0 unspecified atom stereocenters. The maximum Gasteiger partial charge on any atom is 0.253 e. The van der Waals surface area contributed by atoms with Crippen LogP contribution < -0.4 is 10.6 Å². The number of hydrogen-bond donors (Lipinski definition) is 2. The molecule has 3 rings (SSSR count). The predicted molar refractivity (Wildman–Crippen MR) is 90.9 cm³/mol. The van der Waals surface area contributed by atoms with Crippen molar-refractivity contribution in [2.75, 3.05) is 11.9 Å². The molecule has 0 radical (unpaired) electrons. The second-order valence-corrected chi connectivity index (χ2v) is 5.95. The van der Waals surface area contributed by atoms with E-state index in [0.29, 0.717) is 10.6 Å². The summed E-state index contributed by atoms with van der Waals surface area (Å²) in [6.45, 7) is -0.0961. The van der Waals surface area contributed by atoms with Gasteiger partial charge in [-0.25, -0.2) is 0 Å². The molecule has 0 heterocycles. The summed E-state index contributed by atoms with van der Waals surface area (Å²) in [5.74, 6) is -0.622. The molecule has 2 amide bonds. The van der Waals surface area contributed by atoms with E-state index in [1.165, 1.54) is 17.5 Å². The summed E-state index contributed by atoms with van der Waals surface area (Å²) in [6.07, 6.45) is 3.33. The molecule has 2 aromatic rings. The van der Waals surface area contributed by atoms with Crippen molar-refractivity contribution >= 4 is 29.1 Å². The molecule has 1 aliphatic carbocycles. The summed E-state index contributed by atoms with van der Waals surface area (Å²) >= 11 is 5.96. The molecular weight excluding hydrogens is 312 g/mol. The largest absolute Gasteiger partial charge is 0.343 e. The van der Waals surface area contributed by atoms with Crippen molar-refractivity contribution in [1.82, 2.24) is 5.32 Å². The van der Waals surface area contributed by atoms with Gasteiger partial charge in [0, 0.05) is 5.69 Å². The Balaban J connectivity index is 1.56. The van der Waals surface area contributed by atoms with E-state index in [0.717, 1.165) is 18.5 Å². The zero-order valence-electron chi connectivity index (χ0n) is 12.6. The van der Waals surface area contributed by atoms with Crippen molar-refractivity contribution < 1.29 is 9.59 Å². The Bertz CT molecular complexity index is 758. The lowest BCUT2D eigenvalue weighted by molar-refractivity contribution is -0.115. The Morgan fingerprint density at radius 1 is 1.04 bits per heavy atom. The molecule has 4 nitrogen and oxygen atoms in total. The quantitative estimate of drug-likeness (QED) is 0.905. The van der Waals surface area contributed by atoms with Crippen molar-refractivity contribution in [3.8, 4) is 0 Å². The maximum absolute atomic E-state index is 12.0. The van der Waals surface area contributed by atoms with Crippen LogP contribution in [0.25, 0.3) is 0 Å². The fraction of sp³-hybridized carbons (Fsp3) is 0.222. The van der Waals surface area contributed by atoms with Gasteiger partial charge in [0.15, 0.2) is 0 Å². The van der Waals surface area contributed by atoms with Gasteiger partial charge in [-0.2, -0.15) is 0 Å². The van der Waals surface area contributed by atoms with Crippen molar-refractivity contribution in [3.63, 3.8) is 0 Å². The second kappa shape index (κ2) is 6.84. The summed E-state index contributed by atoms with van der Waals surface area (Å²) in [5, 5.41) is 5.75. The highest BCUT2D eigenvalue weighted by molar-refractivity contribution is 6.33. The fourth-order valence-corrected chi connectivity index (χ4v) is 2.98. The minimum absolute atomic E-state index is 0.0961. The van der Waals surface area contributed by atoms with E-state index in [-0.39, 0.29) is 18.4 Å². The number of carbonyl (C=O) groups excluding carboxylic acids is 2. The molecule has 1 aliphatic rings. The third-order valence-electron chi connectivity index (χ3n) is 3.91. The predicted octanol–water partition coefficient (Wildman–Crippen LogP) is 3.20. The van der Waals surface area contributed by atoms with Gasteiger partial charge in [-0.15, -0.1) is 0 Å². The summed E-state index contributed by atoms with van der Waals surface area (Å²) in [7, 11) is 0. The Kier molecular flexibility index (Phi) is 4.63. The third-order valence-corrected chi connectivity index (χ3v) is 4.24. The Hall–Kier alpha value is -2.33. The number of amides is 2. The monoisotopic (exact) mass is 328 g/mol. The number of aryl methyl sites for hydroxylation is 2. The van der Waals surface area contributed by atoms with Gasteiger partial charge in [0.25, 0.3) is 5.91 Å². The lowest BCUT2D eigenvalue weighted by Gasteiger charge is -2.09. The van der Waals surface area contributed by atoms with Gasteiger partial charge in [-0.05, 0) is 54.7 Å².